The number of benzene rings is 1. The minimum Gasteiger partial charge on any atom is -0.368 e. The standard InChI is InChI=1S/C23H24N6OS/c1-14-5-9-17(10-6-14)29-22-19(15(2)28-29)21(26-20(27-22)16-7-8-16)24-11-12-25-23(30)18-4-3-13-31-18/h3-6,9-10,13,16H,7-8,11-12H2,1-2H3,(H,25,30)(H,24,26,27). The quantitative estimate of drug-likeness (QED) is 0.427. The first-order valence-corrected chi connectivity index (χ1v) is 11.4. The zero-order chi connectivity index (χ0) is 21.4. The number of aromatic nitrogens is 4. The molecule has 31 heavy (non-hydrogen) atoms. The Bertz CT molecular complexity index is 1230. The van der Waals surface area contributed by atoms with Crippen LogP contribution in [0.5, 0.6) is 0 Å². The van der Waals surface area contributed by atoms with Gasteiger partial charge in [-0.2, -0.15) is 5.10 Å². The number of nitrogens with one attached hydrogen (secondary N) is 2. The summed E-state index contributed by atoms with van der Waals surface area (Å²) in [6.45, 7) is 5.13. The van der Waals surface area contributed by atoms with Crippen LogP contribution in [0.25, 0.3) is 16.7 Å². The van der Waals surface area contributed by atoms with Gasteiger partial charge in [0.25, 0.3) is 5.91 Å². The first-order chi connectivity index (χ1) is 15.1. The zero-order valence-electron chi connectivity index (χ0n) is 17.6. The Morgan fingerprint density at radius 1 is 1.13 bits per heavy atom. The summed E-state index contributed by atoms with van der Waals surface area (Å²) in [7, 11) is 0. The molecule has 0 atom stereocenters. The second kappa shape index (κ2) is 8.11. The summed E-state index contributed by atoms with van der Waals surface area (Å²) in [5.41, 5.74) is 3.89. The molecule has 0 saturated heterocycles. The maximum absolute atomic E-state index is 12.2. The number of aryl methyl sites for hydroxylation is 2. The summed E-state index contributed by atoms with van der Waals surface area (Å²) >= 11 is 1.44. The molecule has 0 aliphatic heterocycles. The average Bonchev–Trinajstić information content (AvgIpc) is 3.37. The van der Waals surface area contributed by atoms with Gasteiger partial charge < -0.3 is 10.6 Å². The first-order valence-electron chi connectivity index (χ1n) is 10.5. The fourth-order valence-electron chi connectivity index (χ4n) is 3.57. The van der Waals surface area contributed by atoms with Gasteiger partial charge in [0.1, 0.15) is 11.6 Å². The summed E-state index contributed by atoms with van der Waals surface area (Å²) in [6.07, 6.45) is 2.25. The van der Waals surface area contributed by atoms with Gasteiger partial charge in [0.2, 0.25) is 0 Å². The Morgan fingerprint density at radius 3 is 2.65 bits per heavy atom. The van der Waals surface area contributed by atoms with Gasteiger partial charge in [-0.1, -0.05) is 23.8 Å². The fourth-order valence-corrected chi connectivity index (χ4v) is 4.21. The third-order valence-electron chi connectivity index (χ3n) is 5.39. The lowest BCUT2D eigenvalue weighted by Gasteiger charge is -2.10. The number of fused-ring (bicyclic) bond motifs is 1. The average molecular weight is 433 g/mol. The zero-order valence-corrected chi connectivity index (χ0v) is 18.4. The van der Waals surface area contributed by atoms with E-state index >= 15 is 0 Å². The van der Waals surface area contributed by atoms with E-state index in [9.17, 15) is 4.79 Å². The molecule has 5 rings (SSSR count). The van der Waals surface area contributed by atoms with E-state index in [0.717, 1.165) is 51.8 Å². The predicted octanol–water partition coefficient (Wildman–Crippen LogP) is 4.21. The predicted molar refractivity (Wildman–Crippen MR) is 123 cm³/mol. The van der Waals surface area contributed by atoms with Crippen molar-refractivity contribution in [1.82, 2.24) is 25.1 Å². The number of rotatable bonds is 7. The lowest BCUT2D eigenvalue weighted by molar-refractivity contribution is 0.0959. The SMILES string of the molecule is Cc1ccc(-n2nc(C)c3c(NCCNC(=O)c4cccs4)nc(C4CC4)nc32)cc1. The van der Waals surface area contributed by atoms with Gasteiger partial charge in [-0.05, 0) is 50.3 Å². The van der Waals surface area contributed by atoms with E-state index in [2.05, 4.69) is 41.8 Å². The molecule has 1 aliphatic rings. The van der Waals surface area contributed by atoms with Crippen LogP contribution in [-0.2, 0) is 0 Å². The molecule has 1 aliphatic carbocycles. The Morgan fingerprint density at radius 2 is 1.94 bits per heavy atom. The molecule has 2 N–H and O–H groups in total. The normalized spacial score (nSPS) is 13.5. The number of nitrogens with zero attached hydrogens (tertiary/aromatic N) is 4. The smallest absolute Gasteiger partial charge is 0.261 e. The van der Waals surface area contributed by atoms with Gasteiger partial charge >= 0.3 is 0 Å². The summed E-state index contributed by atoms with van der Waals surface area (Å²) in [5.74, 6) is 2.02. The van der Waals surface area contributed by atoms with Crippen LogP contribution in [-0.4, -0.2) is 38.7 Å². The van der Waals surface area contributed by atoms with Crippen LogP contribution < -0.4 is 10.6 Å². The first kappa shape index (κ1) is 19.7. The number of amides is 1. The van der Waals surface area contributed by atoms with Crippen molar-refractivity contribution in [1.29, 1.82) is 0 Å². The summed E-state index contributed by atoms with van der Waals surface area (Å²) in [4.78, 5) is 22.6. The highest BCUT2D eigenvalue weighted by atomic mass is 32.1. The molecule has 1 aromatic carbocycles. The van der Waals surface area contributed by atoms with E-state index in [4.69, 9.17) is 15.1 Å². The van der Waals surface area contributed by atoms with Crippen molar-refractivity contribution in [3.63, 3.8) is 0 Å². The highest BCUT2D eigenvalue weighted by molar-refractivity contribution is 7.12. The minimum atomic E-state index is -0.0494. The molecule has 7 nitrogen and oxygen atoms in total. The molecule has 158 valence electrons. The highest BCUT2D eigenvalue weighted by Crippen LogP contribution is 2.40. The minimum absolute atomic E-state index is 0.0494. The summed E-state index contributed by atoms with van der Waals surface area (Å²) in [5, 5.41) is 14.0. The van der Waals surface area contributed by atoms with Gasteiger partial charge in [0.15, 0.2) is 5.65 Å². The maximum Gasteiger partial charge on any atom is 0.261 e. The Hall–Kier alpha value is -3.26. The summed E-state index contributed by atoms with van der Waals surface area (Å²) in [6, 6.07) is 12.0. The van der Waals surface area contributed by atoms with E-state index in [-0.39, 0.29) is 5.91 Å². The van der Waals surface area contributed by atoms with Crippen molar-refractivity contribution in [2.45, 2.75) is 32.6 Å². The Labute approximate surface area is 184 Å². The molecule has 1 amide bonds. The lowest BCUT2D eigenvalue weighted by atomic mass is 10.2. The molecule has 0 radical (unpaired) electrons. The highest BCUT2D eigenvalue weighted by Gasteiger charge is 2.29. The van der Waals surface area contributed by atoms with Crippen LogP contribution in [0.15, 0.2) is 41.8 Å². The van der Waals surface area contributed by atoms with Gasteiger partial charge in [-0.3, -0.25) is 4.79 Å². The number of thiophene rings is 1. The van der Waals surface area contributed by atoms with Crippen LogP contribution in [0.2, 0.25) is 0 Å². The van der Waals surface area contributed by atoms with Gasteiger partial charge in [-0.15, -0.1) is 11.3 Å². The van der Waals surface area contributed by atoms with Gasteiger partial charge in [-0.25, -0.2) is 14.6 Å². The fraction of sp³-hybridized carbons (Fsp3) is 0.304. The number of hydrogen-bond acceptors (Lipinski definition) is 6. The number of carbonyl (C=O) groups excluding carboxylic acids is 1. The van der Waals surface area contributed by atoms with Crippen LogP contribution >= 0.6 is 11.3 Å². The second-order valence-electron chi connectivity index (χ2n) is 7.90. The Balaban J connectivity index is 1.42. The molecule has 4 aromatic rings. The van der Waals surface area contributed by atoms with Gasteiger partial charge in [0, 0.05) is 19.0 Å². The van der Waals surface area contributed by atoms with Crippen molar-refractivity contribution >= 4 is 34.1 Å². The number of anilines is 1. The molecule has 3 heterocycles. The van der Waals surface area contributed by atoms with E-state index in [1.807, 2.05) is 29.1 Å². The van der Waals surface area contributed by atoms with Crippen LogP contribution in [0, 0.1) is 13.8 Å². The van der Waals surface area contributed by atoms with E-state index in [1.54, 1.807) is 0 Å². The maximum atomic E-state index is 12.2. The second-order valence-corrected chi connectivity index (χ2v) is 8.84. The molecule has 1 fully saturated rings. The van der Waals surface area contributed by atoms with Crippen molar-refractivity contribution < 1.29 is 4.79 Å². The van der Waals surface area contributed by atoms with Crippen LogP contribution in [0.1, 0.15) is 45.5 Å². The third-order valence-corrected chi connectivity index (χ3v) is 6.26. The summed E-state index contributed by atoms with van der Waals surface area (Å²) < 4.78 is 1.90. The third kappa shape index (κ3) is 4.03. The lowest BCUT2D eigenvalue weighted by Crippen LogP contribution is -2.28. The molecule has 3 aromatic heterocycles. The topological polar surface area (TPSA) is 84.7 Å². The Kier molecular flexibility index (Phi) is 5.15. The van der Waals surface area contributed by atoms with Gasteiger partial charge in [0.05, 0.1) is 21.6 Å². The molecule has 0 bridgehead atoms. The van der Waals surface area contributed by atoms with Crippen LogP contribution in [0.3, 0.4) is 0 Å². The van der Waals surface area contributed by atoms with E-state index < -0.39 is 0 Å². The monoisotopic (exact) mass is 432 g/mol. The molecular formula is C23H24N6OS. The van der Waals surface area contributed by atoms with E-state index in [0.29, 0.717) is 19.0 Å². The van der Waals surface area contributed by atoms with E-state index in [1.165, 1.54) is 16.9 Å². The molecular weight excluding hydrogens is 408 g/mol. The molecule has 0 spiro atoms. The molecule has 1 saturated carbocycles. The molecule has 8 heteroatoms. The van der Waals surface area contributed by atoms with Crippen molar-refractivity contribution in [3.8, 4) is 5.69 Å². The number of carbonyl (C=O) groups is 1. The van der Waals surface area contributed by atoms with Crippen molar-refractivity contribution in [3.05, 3.63) is 63.7 Å². The largest absolute Gasteiger partial charge is 0.368 e. The van der Waals surface area contributed by atoms with Crippen molar-refractivity contribution in [2.75, 3.05) is 18.4 Å². The number of hydrogen-bond donors (Lipinski definition) is 2. The van der Waals surface area contributed by atoms with Crippen LogP contribution in [0.4, 0.5) is 5.82 Å². The van der Waals surface area contributed by atoms with Crippen molar-refractivity contribution in [2.24, 2.45) is 0 Å². The molecule has 0 unspecified atom stereocenters.